The molecule has 0 spiro atoms. The van der Waals surface area contributed by atoms with Crippen molar-refractivity contribution < 1.29 is 0 Å². The zero-order valence-electron chi connectivity index (χ0n) is 34.0. The Bertz CT molecular complexity index is 2580. The molecule has 7 aromatic rings. The van der Waals surface area contributed by atoms with Crippen LogP contribution in [-0.2, 0) is 10.8 Å². The fourth-order valence-electron chi connectivity index (χ4n) is 9.25. The molecule has 0 atom stereocenters. The van der Waals surface area contributed by atoms with Crippen molar-refractivity contribution in [1.29, 1.82) is 0 Å². The van der Waals surface area contributed by atoms with Crippen molar-refractivity contribution in [2.24, 2.45) is 0 Å². The van der Waals surface area contributed by atoms with Crippen LogP contribution in [0.5, 0.6) is 0 Å². The molecule has 0 unspecified atom stereocenters. The van der Waals surface area contributed by atoms with Gasteiger partial charge in [0.25, 0.3) is 0 Å². The van der Waals surface area contributed by atoms with Crippen molar-refractivity contribution in [3.63, 3.8) is 0 Å². The Morgan fingerprint density at radius 3 is 1.42 bits per heavy atom. The van der Waals surface area contributed by atoms with Crippen LogP contribution < -0.4 is 4.90 Å². The number of anilines is 3. The summed E-state index contributed by atoms with van der Waals surface area (Å²) in [6.45, 7) is 9.71. The van der Waals surface area contributed by atoms with Crippen LogP contribution in [0.4, 0.5) is 17.1 Å². The Morgan fingerprint density at radius 2 is 0.836 bits per heavy atom. The molecule has 3 heteroatoms. The second-order valence-corrected chi connectivity index (χ2v) is 26.5. The molecule has 0 heterocycles. The van der Waals surface area contributed by atoms with E-state index in [0.717, 1.165) is 0 Å². The third-order valence-corrected chi connectivity index (χ3v) is 15.8. The van der Waals surface area contributed by atoms with Gasteiger partial charge in [0.15, 0.2) is 0 Å². The standard InChI is InChI=1S/C52H53NS2/c1-51(2)46-30-37(53(35-20-25-38(26-21-35)54(5,6)7)36-22-27-39(28-23-36)55(8,9)10)24-29-41(46)44-32-48-45(33-47(44)51)50-42-19-15-14-18-40(42)43(31-49(50)52(48,3)4)34-16-12-11-13-17-34/h11-33H,1-10H3. The molecular formula is C52H53NS2. The van der Waals surface area contributed by atoms with Gasteiger partial charge in [-0.15, -0.1) is 0 Å². The lowest BCUT2D eigenvalue weighted by Gasteiger charge is -2.31. The van der Waals surface area contributed by atoms with Gasteiger partial charge in [-0.05, 0) is 193 Å². The second kappa shape index (κ2) is 12.4. The maximum Gasteiger partial charge on any atom is 0.0465 e. The first-order valence-electron chi connectivity index (χ1n) is 19.4. The molecule has 278 valence electrons. The van der Waals surface area contributed by atoms with Crippen LogP contribution in [0, 0.1) is 0 Å². The molecule has 2 aliphatic carbocycles. The summed E-state index contributed by atoms with van der Waals surface area (Å²) in [5.41, 5.74) is 17.0. The fraction of sp³-hybridized carbons (Fsp3) is 0.231. The van der Waals surface area contributed by atoms with E-state index in [1.165, 1.54) is 93.3 Å². The first-order chi connectivity index (χ1) is 26.0. The summed E-state index contributed by atoms with van der Waals surface area (Å²) in [6.07, 6.45) is 14.2. The van der Waals surface area contributed by atoms with Crippen molar-refractivity contribution in [2.45, 2.75) is 48.3 Å². The minimum Gasteiger partial charge on any atom is -0.310 e. The lowest BCUT2D eigenvalue weighted by Crippen LogP contribution is -2.17. The highest BCUT2D eigenvalue weighted by Gasteiger charge is 2.43. The van der Waals surface area contributed by atoms with Crippen molar-refractivity contribution in [3.8, 4) is 33.4 Å². The lowest BCUT2D eigenvalue weighted by molar-refractivity contribution is 0.652. The Balaban J connectivity index is 1.19. The maximum absolute atomic E-state index is 2.56. The quantitative estimate of drug-likeness (QED) is 0.163. The highest BCUT2D eigenvalue weighted by molar-refractivity contribution is 8.32. The SMILES string of the molecule is CC1(C)c2cc(N(c3ccc(S(C)(C)C)cc3)c3ccc(S(C)(C)C)cc3)ccc2-c2cc3c(cc21)-c1c(cc(-c2ccccc2)c2ccccc12)C3(C)C. The molecule has 1 nitrogen and oxygen atoms in total. The predicted octanol–water partition coefficient (Wildman–Crippen LogP) is 14.7. The summed E-state index contributed by atoms with van der Waals surface area (Å²) < 4.78 is 0. The molecule has 0 saturated heterocycles. The predicted molar refractivity (Wildman–Crippen MR) is 246 cm³/mol. The maximum atomic E-state index is 2.56. The lowest BCUT2D eigenvalue weighted by atomic mass is 9.79. The van der Waals surface area contributed by atoms with E-state index in [-0.39, 0.29) is 10.8 Å². The van der Waals surface area contributed by atoms with E-state index < -0.39 is 20.1 Å². The molecule has 0 saturated carbocycles. The van der Waals surface area contributed by atoms with Crippen molar-refractivity contribution >= 4 is 47.9 Å². The van der Waals surface area contributed by atoms with Crippen molar-refractivity contribution in [2.75, 3.05) is 42.4 Å². The van der Waals surface area contributed by atoms with Gasteiger partial charge in [-0.2, -0.15) is 0 Å². The van der Waals surface area contributed by atoms with Crippen LogP contribution in [0.15, 0.2) is 149 Å². The third-order valence-electron chi connectivity index (χ3n) is 12.4. The van der Waals surface area contributed by atoms with Gasteiger partial charge in [0, 0.05) is 27.9 Å². The number of hydrogen-bond acceptors (Lipinski definition) is 1. The average molecular weight is 756 g/mol. The summed E-state index contributed by atoms with van der Waals surface area (Å²) in [5.74, 6) is 0. The van der Waals surface area contributed by atoms with Crippen LogP contribution in [0.1, 0.15) is 49.9 Å². The molecule has 2 aliphatic rings. The van der Waals surface area contributed by atoms with E-state index in [1.807, 2.05) is 0 Å². The van der Waals surface area contributed by atoms with Crippen LogP contribution >= 0.6 is 20.1 Å². The first kappa shape index (κ1) is 36.0. The van der Waals surface area contributed by atoms with Gasteiger partial charge in [-0.1, -0.05) is 88.4 Å². The van der Waals surface area contributed by atoms with Gasteiger partial charge in [-0.3, -0.25) is 0 Å². The first-order valence-corrected chi connectivity index (χ1v) is 25.1. The number of hydrogen-bond donors (Lipinski definition) is 0. The molecule has 0 bridgehead atoms. The van der Waals surface area contributed by atoms with Crippen molar-refractivity contribution in [1.82, 2.24) is 0 Å². The minimum atomic E-state index is -0.825. The third kappa shape index (κ3) is 5.68. The Hall–Kier alpha value is -4.70. The average Bonchev–Trinajstić information content (AvgIpc) is 3.52. The number of benzene rings is 7. The molecule has 0 aromatic heterocycles. The van der Waals surface area contributed by atoms with E-state index in [4.69, 9.17) is 0 Å². The van der Waals surface area contributed by atoms with Gasteiger partial charge in [-0.25, -0.2) is 20.1 Å². The molecule has 55 heavy (non-hydrogen) atoms. The smallest absolute Gasteiger partial charge is 0.0465 e. The van der Waals surface area contributed by atoms with Crippen LogP contribution in [0.3, 0.4) is 0 Å². The van der Waals surface area contributed by atoms with Gasteiger partial charge in [0.2, 0.25) is 0 Å². The van der Waals surface area contributed by atoms with E-state index in [2.05, 4.69) is 210 Å². The molecule has 0 radical (unpaired) electrons. The zero-order chi connectivity index (χ0) is 38.7. The van der Waals surface area contributed by atoms with E-state index in [0.29, 0.717) is 0 Å². The highest BCUT2D eigenvalue weighted by atomic mass is 32.3. The largest absolute Gasteiger partial charge is 0.310 e. The number of fused-ring (bicyclic) bond motifs is 8. The van der Waals surface area contributed by atoms with E-state index in [1.54, 1.807) is 0 Å². The Morgan fingerprint density at radius 1 is 0.382 bits per heavy atom. The van der Waals surface area contributed by atoms with Crippen LogP contribution in [0.2, 0.25) is 0 Å². The zero-order valence-corrected chi connectivity index (χ0v) is 35.7. The van der Waals surface area contributed by atoms with E-state index >= 15 is 0 Å². The Kier molecular flexibility index (Phi) is 8.11. The normalized spacial score (nSPS) is 15.6. The summed E-state index contributed by atoms with van der Waals surface area (Å²) in [7, 11) is -1.65. The highest BCUT2D eigenvalue weighted by Crippen LogP contribution is 2.59. The summed E-state index contributed by atoms with van der Waals surface area (Å²) in [5, 5.41) is 2.66. The second-order valence-electron chi connectivity index (χ2n) is 18.2. The molecule has 0 N–H and O–H groups in total. The number of nitrogens with zero attached hydrogens (tertiary/aromatic N) is 1. The monoisotopic (exact) mass is 755 g/mol. The van der Waals surface area contributed by atoms with Gasteiger partial charge in [0.05, 0.1) is 0 Å². The number of rotatable bonds is 6. The fourth-order valence-corrected chi connectivity index (χ4v) is 11.2. The molecule has 0 amide bonds. The van der Waals surface area contributed by atoms with E-state index in [9.17, 15) is 0 Å². The Labute approximate surface area is 332 Å². The molecule has 0 fully saturated rings. The molecular weight excluding hydrogens is 703 g/mol. The van der Waals surface area contributed by atoms with Gasteiger partial charge >= 0.3 is 0 Å². The van der Waals surface area contributed by atoms with Crippen LogP contribution in [-0.4, -0.2) is 37.5 Å². The molecule has 9 rings (SSSR count). The minimum absolute atomic E-state index is 0.140. The summed E-state index contributed by atoms with van der Waals surface area (Å²) in [6, 6.07) is 53.4. The van der Waals surface area contributed by atoms with Crippen LogP contribution in [0.25, 0.3) is 44.2 Å². The molecule has 0 aliphatic heterocycles. The molecule has 7 aromatic carbocycles. The van der Waals surface area contributed by atoms with Gasteiger partial charge in [0.1, 0.15) is 0 Å². The van der Waals surface area contributed by atoms with Crippen molar-refractivity contribution in [3.05, 3.63) is 162 Å². The van der Waals surface area contributed by atoms with Gasteiger partial charge < -0.3 is 4.90 Å². The summed E-state index contributed by atoms with van der Waals surface area (Å²) >= 11 is 0. The topological polar surface area (TPSA) is 3.24 Å². The summed E-state index contributed by atoms with van der Waals surface area (Å²) in [4.78, 5) is 5.31.